The zero-order chi connectivity index (χ0) is 15.3. The van der Waals surface area contributed by atoms with E-state index in [0.29, 0.717) is 5.92 Å². The van der Waals surface area contributed by atoms with Crippen molar-refractivity contribution in [2.75, 3.05) is 13.1 Å². The molecule has 1 aromatic carbocycles. The molecule has 0 aromatic heterocycles. The quantitative estimate of drug-likeness (QED) is 0.455. The van der Waals surface area contributed by atoms with E-state index in [2.05, 4.69) is 31.3 Å². The molecule has 0 aliphatic heterocycles. The Bertz CT molecular complexity index is 364. The minimum Gasteiger partial charge on any atom is -0.316 e. The Balaban J connectivity index is 2.35. The first-order valence-electron chi connectivity index (χ1n) is 8.74. The average molecular weight is 310 g/mol. The van der Waals surface area contributed by atoms with Crippen molar-refractivity contribution in [1.82, 2.24) is 5.32 Å². The van der Waals surface area contributed by atoms with E-state index in [1.807, 2.05) is 12.1 Å². The van der Waals surface area contributed by atoms with Crippen molar-refractivity contribution in [3.63, 3.8) is 0 Å². The van der Waals surface area contributed by atoms with E-state index in [9.17, 15) is 0 Å². The van der Waals surface area contributed by atoms with E-state index >= 15 is 0 Å². The van der Waals surface area contributed by atoms with Crippen LogP contribution in [0.1, 0.15) is 76.7 Å². The first-order chi connectivity index (χ1) is 10.3. The molecule has 0 radical (unpaired) electrons. The molecule has 0 spiro atoms. The van der Waals surface area contributed by atoms with Gasteiger partial charge in [0.05, 0.1) is 0 Å². The van der Waals surface area contributed by atoms with Gasteiger partial charge in [-0.15, -0.1) is 0 Å². The summed E-state index contributed by atoms with van der Waals surface area (Å²) < 4.78 is 0. The molecule has 0 fully saturated rings. The number of hydrogen-bond acceptors (Lipinski definition) is 1. The first-order valence-corrected chi connectivity index (χ1v) is 9.12. The van der Waals surface area contributed by atoms with Gasteiger partial charge >= 0.3 is 0 Å². The summed E-state index contributed by atoms with van der Waals surface area (Å²) in [5.74, 6) is 0.550. The van der Waals surface area contributed by atoms with Gasteiger partial charge in [0, 0.05) is 11.6 Å². The Morgan fingerprint density at radius 2 is 1.62 bits per heavy atom. The number of hydrogen-bond donors (Lipinski definition) is 1. The van der Waals surface area contributed by atoms with Gasteiger partial charge in [-0.05, 0) is 30.5 Å². The maximum absolute atomic E-state index is 6.37. The van der Waals surface area contributed by atoms with Crippen LogP contribution in [0.5, 0.6) is 0 Å². The van der Waals surface area contributed by atoms with Crippen LogP contribution in [-0.4, -0.2) is 13.1 Å². The Hall–Kier alpha value is -0.530. The van der Waals surface area contributed by atoms with Crippen molar-refractivity contribution in [2.24, 2.45) is 0 Å². The fraction of sp³-hybridized carbons (Fsp3) is 0.684. The van der Waals surface area contributed by atoms with E-state index < -0.39 is 0 Å². The third-order valence-corrected chi connectivity index (χ3v) is 4.49. The first kappa shape index (κ1) is 18.5. The van der Waals surface area contributed by atoms with Gasteiger partial charge in [-0.1, -0.05) is 88.6 Å². The molecule has 1 atom stereocenters. The second-order valence-corrected chi connectivity index (χ2v) is 6.34. The summed E-state index contributed by atoms with van der Waals surface area (Å²) in [5.41, 5.74) is 1.31. The largest absolute Gasteiger partial charge is 0.316 e. The molecule has 1 aromatic rings. The lowest BCUT2D eigenvalue weighted by Gasteiger charge is -2.19. The van der Waals surface area contributed by atoms with Crippen LogP contribution in [0.15, 0.2) is 24.3 Å². The van der Waals surface area contributed by atoms with E-state index in [0.717, 1.165) is 18.1 Å². The van der Waals surface area contributed by atoms with Gasteiger partial charge in [-0.3, -0.25) is 0 Å². The molecule has 0 amide bonds. The molecule has 1 rings (SSSR count). The molecule has 21 heavy (non-hydrogen) atoms. The van der Waals surface area contributed by atoms with Crippen LogP contribution < -0.4 is 5.32 Å². The molecular formula is C19H32ClN. The Kier molecular flexibility index (Phi) is 10.6. The highest BCUT2D eigenvalue weighted by atomic mass is 35.5. The normalized spacial score (nSPS) is 12.5. The minimum absolute atomic E-state index is 0.550. The van der Waals surface area contributed by atoms with Crippen molar-refractivity contribution >= 4 is 11.6 Å². The van der Waals surface area contributed by atoms with Crippen LogP contribution >= 0.6 is 11.6 Å². The van der Waals surface area contributed by atoms with Crippen molar-refractivity contribution in [1.29, 1.82) is 0 Å². The summed E-state index contributed by atoms with van der Waals surface area (Å²) in [4.78, 5) is 0. The van der Waals surface area contributed by atoms with Crippen LogP contribution in [0.25, 0.3) is 0 Å². The van der Waals surface area contributed by atoms with Gasteiger partial charge in [0.2, 0.25) is 0 Å². The van der Waals surface area contributed by atoms with E-state index in [1.54, 1.807) is 0 Å². The summed E-state index contributed by atoms with van der Waals surface area (Å²) in [6.07, 6.45) is 10.8. The highest BCUT2D eigenvalue weighted by Gasteiger charge is 2.13. The third kappa shape index (κ3) is 7.87. The summed E-state index contributed by atoms with van der Waals surface area (Å²) in [6.45, 7) is 6.50. The second-order valence-electron chi connectivity index (χ2n) is 5.94. The standard InChI is InChI=1S/C19H32ClN/c1-3-5-6-7-8-9-10-13-17(16-21-4-2)18-14-11-12-15-19(18)20/h11-12,14-15,17,21H,3-10,13,16H2,1-2H3. The van der Waals surface area contributed by atoms with Gasteiger partial charge in [0.15, 0.2) is 0 Å². The Morgan fingerprint density at radius 3 is 2.29 bits per heavy atom. The summed E-state index contributed by atoms with van der Waals surface area (Å²) in [5, 5.41) is 4.40. The average Bonchev–Trinajstić information content (AvgIpc) is 2.50. The monoisotopic (exact) mass is 309 g/mol. The molecule has 0 aliphatic rings. The van der Waals surface area contributed by atoms with Gasteiger partial charge in [-0.25, -0.2) is 0 Å². The van der Waals surface area contributed by atoms with Crippen molar-refractivity contribution in [3.05, 3.63) is 34.9 Å². The molecule has 1 nitrogen and oxygen atoms in total. The number of likely N-dealkylation sites (N-methyl/N-ethyl adjacent to an activating group) is 1. The number of unbranched alkanes of at least 4 members (excludes halogenated alkanes) is 6. The summed E-state index contributed by atoms with van der Waals surface area (Å²) >= 11 is 6.37. The van der Waals surface area contributed by atoms with E-state index in [4.69, 9.17) is 11.6 Å². The van der Waals surface area contributed by atoms with Crippen molar-refractivity contribution in [2.45, 2.75) is 71.1 Å². The molecule has 1 N–H and O–H groups in total. The zero-order valence-electron chi connectivity index (χ0n) is 13.8. The second kappa shape index (κ2) is 12.1. The molecule has 1 unspecified atom stereocenters. The lowest BCUT2D eigenvalue weighted by atomic mass is 9.92. The smallest absolute Gasteiger partial charge is 0.0441 e. The predicted molar refractivity (Wildman–Crippen MR) is 95.3 cm³/mol. The minimum atomic E-state index is 0.550. The van der Waals surface area contributed by atoms with E-state index in [1.165, 1.54) is 56.9 Å². The van der Waals surface area contributed by atoms with Crippen LogP contribution in [0.4, 0.5) is 0 Å². The Labute approximate surface area is 136 Å². The number of rotatable bonds is 12. The molecule has 120 valence electrons. The van der Waals surface area contributed by atoms with Crippen LogP contribution in [0, 0.1) is 0 Å². The lowest BCUT2D eigenvalue weighted by Crippen LogP contribution is -2.21. The van der Waals surface area contributed by atoms with Gasteiger partial charge in [-0.2, -0.15) is 0 Å². The lowest BCUT2D eigenvalue weighted by molar-refractivity contribution is 0.510. The molecule has 2 heteroatoms. The SMILES string of the molecule is CCCCCCCCCC(CNCC)c1ccccc1Cl. The number of nitrogens with one attached hydrogen (secondary N) is 1. The fourth-order valence-corrected chi connectivity index (χ4v) is 3.13. The topological polar surface area (TPSA) is 12.0 Å². The fourth-order valence-electron chi connectivity index (χ4n) is 2.84. The van der Waals surface area contributed by atoms with Gasteiger partial charge < -0.3 is 5.32 Å². The maximum atomic E-state index is 6.37. The van der Waals surface area contributed by atoms with Crippen LogP contribution in [-0.2, 0) is 0 Å². The molecule has 0 aliphatic carbocycles. The molecule has 0 saturated carbocycles. The highest BCUT2D eigenvalue weighted by Crippen LogP contribution is 2.28. The molecular weight excluding hydrogens is 278 g/mol. The zero-order valence-corrected chi connectivity index (χ0v) is 14.6. The van der Waals surface area contributed by atoms with Crippen molar-refractivity contribution < 1.29 is 0 Å². The predicted octanol–water partition coefficient (Wildman–Crippen LogP) is 6.17. The van der Waals surface area contributed by atoms with E-state index in [-0.39, 0.29) is 0 Å². The third-order valence-electron chi connectivity index (χ3n) is 4.14. The van der Waals surface area contributed by atoms with Crippen LogP contribution in [0.3, 0.4) is 0 Å². The van der Waals surface area contributed by atoms with Gasteiger partial charge in [0.1, 0.15) is 0 Å². The van der Waals surface area contributed by atoms with Crippen LogP contribution in [0.2, 0.25) is 5.02 Å². The Morgan fingerprint density at radius 1 is 0.952 bits per heavy atom. The van der Waals surface area contributed by atoms with Crippen molar-refractivity contribution in [3.8, 4) is 0 Å². The summed E-state index contributed by atoms with van der Waals surface area (Å²) in [7, 11) is 0. The summed E-state index contributed by atoms with van der Waals surface area (Å²) in [6, 6.07) is 8.32. The molecule has 0 saturated heterocycles. The van der Waals surface area contributed by atoms with Gasteiger partial charge in [0.25, 0.3) is 0 Å². The maximum Gasteiger partial charge on any atom is 0.0441 e. The molecule has 0 heterocycles. The number of benzene rings is 1. The molecule has 0 bridgehead atoms. The highest BCUT2D eigenvalue weighted by molar-refractivity contribution is 6.31. The number of halogens is 1.